The molecule has 0 saturated heterocycles. The number of hydrogen-bond donors (Lipinski definition) is 1. The fraction of sp³-hybridized carbons (Fsp3) is 0.333. The quantitative estimate of drug-likeness (QED) is 0.801. The first kappa shape index (κ1) is 9.80. The van der Waals surface area contributed by atoms with Gasteiger partial charge in [0.15, 0.2) is 9.84 Å². The van der Waals surface area contributed by atoms with Gasteiger partial charge in [0, 0.05) is 18.5 Å². The minimum atomic E-state index is -3.21. The number of benzene rings is 1. The smallest absolute Gasteiger partial charge is 0.177 e. The molecule has 1 aliphatic heterocycles. The number of fused-ring (bicyclic) bond motifs is 1. The van der Waals surface area contributed by atoms with E-state index in [-0.39, 0.29) is 4.90 Å². The third-order valence-electron chi connectivity index (χ3n) is 2.30. The molecule has 0 fully saturated rings. The van der Waals surface area contributed by atoms with Crippen molar-refractivity contribution in [1.82, 2.24) is 0 Å². The van der Waals surface area contributed by atoms with E-state index in [1.807, 2.05) is 0 Å². The van der Waals surface area contributed by atoms with E-state index >= 15 is 0 Å². The molecule has 0 radical (unpaired) electrons. The van der Waals surface area contributed by atoms with Gasteiger partial charge >= 0.3 is 0 Å². The van der Waals surface area contributed by atoms with E-state index in [1.54, 1.807) is 12.1 Å². The third-order valence-corrected chi connectivity index (χ3v) is 3.98. The van der Waals surface area contributed by atoms with E-state index in [4.69, 9.17) is 11.6 Å². The van der Waals surface area contributed by atoms with Crippen LogP contribution in [0.1, 0.15) is 5.56 Å². The van der Waals surface area contributed by atoms with E-state index in [1.165, 1.54) is 6.26 Å². The molecule has 0 bridgehead atoms. The molecule has 2 rings (SSSR count). The van der Waals surface area contributed by atoms with Crippen LogP contribution in [0.5, 0.6) is 0 Å². The maximum absolute atomic E-state index is 11.3. The van der Waals surface area contributed by atoms with E-state index in [9.17, 15) is 8.42 Å². The van der Waals surface area contributed by atoms with Gasteiger partial charge in [-0.1, -0.05) is 11.6 Å². The summed E-state index contributed by atoms with van der Waals surface area (Å²) in [6, 6.07) is 3.32. The first-order valence-electron chi connectivity index (χ1n) is 4.25. The van der Waals surface area contributed by atoms with Crippen molar-refractivity contribution >= 4 is 27.1 Å². The third kappa shape index (κ3) is 1.48. The average molecular weight is 232 g/mol. The second kappa shape index (κ2) is 3.14. The summed E-state index contributed by atoms with van der Waals surface area (Å²) >= 11 is 6.02. The largest absolute Gasteiger partial charge is 0.384 e. The van der Waals surface area contributed by atoms with Gasteiger partial charge in [0.05, 0.1) is 9.92 Å². The van der Waals surface area contributed by atoms with Gasteiger partial charge in [0.1, 0.15) is 0 Å². The fourth-order valence-corrected chi connectivity index (χ4v) is 3.06. The number of rotatable bonds is 1. The maximum Gasteiger partial charge on any atom is 0.177 e. The molecule has 1 N–H and O–H groups in total. The Kier molecular flexibility index (Phi) is 2.20. The Morgan fingerprint density at radius 3 is 2.79 bits per heavy atom. The van der Waals surface area contributed by atoms with Gasteiger partial charge in [-0.15, -0.1) is 0 Å². The van der Waals surface area contributed by atoms with Crippen LogP contribution in [0.2, 0.25) is 5.02 Å². The lowest BCUT2D eigenvalue weighted by molar-refractivity contribution is 0.602. The number of halogens is 1. The summed E-state index contributed by atoms with van der Waals surface area (Å²) in [5.41, 5.74) is 1.86. The number of sulfone groups is 1. The molecule has 1 aromatic carbocycles. The van der Waals surface area contributed by atoms with Crippen LogP contribution in [0.3, 0.4) is 0 Å². The van der Waals surface area contributed by atoms with Crippen LogP contribution < -0.4 is 5.32 Å². The van der Waals surface area contributed by atoms with Crippen LogP contribution in [-0.4, -0.2) is 21.2 Å². The summed E-state index contributed by atoms with van der Waals surface area (Å²) < 4.78 is 22.7. The minimum Gasteiger partial charge on any atom is -0.384 e. The molecule has 0 amide bonds. The van der Waals surface area contributed by atoms with Crippen LogP contribution in [-0.2, 0) is 16.3 Å². The van der Waals surface area contributed by atoms with Crippen molar-refractivity contribution < 1.29 is 8.42 Å². The molecule has 5 heteroatoms. The van der Waals surface area contributed by atoms with Crippen LogP contribution >= 0.6 is 11.6 Å². The Labute approximate surface area is 88.0 Å². The predicted molar refractivity (Wildman–Crippen MR) is 56.8 cm³/mol. The molecule has 1 aromatic rings. The number of anilines is 1. The number of hydrogen-bond acceptors (Lipinski definition) is 3. The highest BCUT2D eigenvalue weighted by Gasteiger charge is 2.20. The normalized spacial score (nSPS) is 15.0. The standard InChI is InChI=1S/C9H10ClNO2S/c1-14(12,13)8-3-2-7-6(9(8)10)4-5-11-7/h2-3,11H,4-5H2,1H3. The van der Waals surface area contributed by atoms with Crippen LogP contribution in [0.25, 0.3) is 0 Å². The van der Waals surface area contributed by atoms with E-state index in [2.05, 4.69) is 5.32 Å². The molecule has 0 aromatic heterocycles. The van der Waals surface area contributed by atoms with Crippen molar-refractivity contribution in [2.24, 2.45) is 0 Å². The summed E-state index contributed by atoms with van der Waals surface area (Å²) in [5.74, 6) is 0. The molecule has 0 saturated carbocycles. The Morgan fingerprint density at radius 1 is 1.43 bits per heavy atom. The number of nitrogens with one attached hydrogen (secondary N) is 1. The Hall–Kier alpha value is -0.740. The highest BCUT2D eigenvalue weighted by molar-refractivity contribution is 7.90. The zero-order valence-electron chi connectivity index (χ0n) is 7.67. The van der Waals surface area contributed by atoms with Gasteiger partial charge in [0.25, 0.3) is 0 Å². The zero-order valence-corrected chi connectivity index (χ0v) is 9.24. The zero-order chi connectivity index (χ0) is 10.3. The molecule has 0 atom stereocenters. The van der Waals surface area contributed by atoms with Gasteiger partial charge < -0.3 is 5.32 Å². The average Bonchev–Trinajstić information content (AvgIpc) is 2.50. The van der Waals surface area contributed by atoms with Crippen molar-refractivity contribution in [2.75, 3.05) is 18.1 Å². The summed E-state index contributed by atoms with van der Waals surface area (Å²) in [5, 5.41) is 3.51. The van der Waals surface area contributed by atoms with Crippen molar-refractivity contribution in [2.45, 2.75) is 11.3 Å². The van der Waals surface area contributed by atoms with Crippen LogP contribution in [0.4, 0.5) is 5.69 Å². The summed E-state index contributed by atoms with van der Waals surface area (Å²) in [6.45, 7) is 0.822. The van der Waals surface area contributed by atoms with Gasteiger partial charge in [-0.3, -0.25) is 0 Å². The molecule has 0 aliphatic carbocycles. The molecule has 0 unspecified atom stereocenters. The first-order chi connectivity index (χ1) is 6.50. The second-order valence-electron chi connectivity index (χ2n) is 3.35. The maximum atomic E-state index is 11.3. The lowest BCUT2D eigenvalue weighted by Crippen LogP contribution is -1.99. The molecule has 0 spiro atoms. The molecular formula is C9H10ClNO2S. The van der Waals surface area contributed by atoms with Gasteiger partial charge in [-0.05, 0) is 24.1 Å². The second-order valence-corrected chi connectivity index (χ2v) is 5.71. The molecule has 76 valence electrons. The molecule has 1 aliphatic rings. The molecule has 1 heterocycles. The Bertz CT molecular complexity index is 482. The van der Waals surface area contributed by atoms with Gasteiger partial charge in [-0.2, -0.15) is 0 Å². The first-order valence-corrected chi connectivity index (χ1v) is 6.52. The summed E-state index contributed by atoms with van der Waals surface area (Å²) in [4.78, 5) is 0.224. The lowest BCUT2D eigenvalue weighted by atomic mass is 10.2. The van der Waals surface area contributed by atoms with Crippen LogP contribution in [0, 0.1) is 0 Å². The van der Waals surface area contributed by atoms with E-state index in [0.29, 0.717) is 5.02 Å². The Balaban J connectivity index is 2.68. The van der Waals surface area contributed by atoms with E-state index < -0.39 is 9.84 Å². The minimum absolute atomic E-state index is 0.224. The van der Waals surface area contributed by atoms with Crippen molar-refractivity contribution in [3.63, 3.8) is 0 Å². The van der Waals surface area contributed by atoms with Crippen molar-refractivity contribution in [3.8, 4) is 0 Å². The van der Waals surface area contributed by atoms with Crippen LogP contribution in [0.15, 0.2) is 17.0 Å². The van der Waals surface area contributed by atoms with Gasteiger partial charge in [-0.25, -0.2) is 8.42 Å². The molecular weight excluding hydrogens is 222 g/mol. The fourth-order valence-electron chi connectivity index (χ4n) is 1.62. The van der Waals surface area contributed by atoms with Crippen molar-refractivity contribution in [1.29, 1.82) is 0 Å². The molecule has 14 heavy (non-hydrogen) atoms. The predicted octanol–water partition coefficient (Wildman–Crippen LogP) is 1.71. The van der Waals surface area contributed by atoms with E-state index in [0.717, 1.165) is 24.2 Å². The summed E-state index contributed by atoms with van der Waals surface area (Å²) in [6.07, 6.45) is 1.96. The lowest BCUT2D eigenvalue weighted by Gasteiger charge is -2.06. The SMILES string of the molecule is CS(=O)(=O)c1ccc2c(c1Cl)CCN2. The Morgan fingerprint density at radius 2 is 2.14 bits per heavy atom. The monoisotopic (exact) mass is 231 g/mol. The highest BCUT2D eigenvalue weighted by Crippen LogP contribution is 2.34. The topological polar surface area (TPSA) is 46.2 Å². The molecule has 3 nitrogen and oxygen atoms in total. The highest BCUT2D eigenvalue weighted by atomic mass is 35.5. The van der Waals surface area contributed by atoms with Gasteiger partial charge in [0.2, 0.25) is 0 Å². The summed E-state index contributed by atoms with van der Waals surface area (Å²) in [7, 11) is -3.21. The van der Waals surface area contributed by atoms with Crippen molar-refractivity contribution in [3.05, 3.63) is 22.7 Å².